The number of hydrogen-bond acceptors (Lipinski definition) is 3. The zero-order chi connectivity index (χ0) is 19.2. The van der Waals surface area contributed by atoms with Gasteiger partial charge in [0.05, 0.1) is 6.54 Å². The van der Waals surface area contributed by atoms with Crippen molar-refractivity contribution >= 4 is 23.2 Å². The Morgan fingerprint density at radius 2 is 1.74 bits per heavy atom. The van der Waals surface area contributed by atoms with Crippen LogP contribution >= 0.6 is 11.6 Å². The van der Waals surface area contributed by atoms with Gasteiger partial charge in [-0.25, -0.2) is 0 Å². The first kappa shape index (κ1) is 19.9. The highest BCUT2D eigenvalue weighted by Crippen LogP contribution is 2.27. The summed E-state index contributed by atoms with van der Waals surface area (Å²) in [5.74, 6) is 0.0588. The standard InChI is InChI=1S/C22H28ClN3O/c1-3-18-8-4-7-11-21(18)24-22(27)16-25-12-14-26(15-13-25)17(2)19-9-5-6-10-20(19)23/h4-11,17H,3,12-16H2,1-2H3,(H,24,27)/t17-/m0/s1. The molecule has 0 unspecified atom stereocenters. The number of aryl methyl sites for hydroxylation is 1. The first-order valence-corrected chi connectivity index (χ1v) is 10.0. The number of carbonyl (C=O) groups excluding carboxylic acids is 1. The summed E-state index contributed by atoms with van der Waals surface area (Å²) in [5.41, 5.74) is 3.27. The van der Waals surface area contributed by atoms with Crippen LogP contribution in [0.2, 0.25) is 5.02 Å². The van der Waals surface area contributed by atoms with Crippen LogP contribution in [0.25, 0.3) is 0 Å². The van der Waals surface area contributed by atoms with Gasteiger partial charge in [-0.15, -0.1) is 0 Å². The molecular formula is C22H28ClN3O. The molecule has 1 fully saturated rings. The molecule has 3 rings (SSSR count). The SMILES string of the molecule is CCc1ccccc1NC(=O)CN1CCN([C@@H](C)c2ccccc2Cl)CC1. The van der Waals surface area contributed by atoms with Crippen molar-refractivity contribution < 1.29 is 4.79 Å². The maximum Gasteiger partial charge on any atom is 0.238 e. The molecule has 0 spiro atoms. The molecule has 1 saturated heterocycles. The quantitative estimate of drug-likeness (QED) is 0.808. The number of para-hydroxylation sites is 1. The molecule has 0 aromatic heterocycles. The fraction of sp³-hybridized carbons (Fsp3) is 0.409. The maximum absolute atomic E-state index is 12.4. The average Bonchev–Trinajstić information content (AvgIpc) is 2.69. The molecule has 144 valence electrons. The number of hydrogen-bond donors (Lipinski definition) is 1. The molecule has 2 aromatic rings. The van der Waals surface area contributed by atoms with Gasteiger partial charge in [0.15, 0.2) is 0 Å². The summed E-state index contributed by atoms with van der Waals surface area (Å²) in [5, 5.41) is 3.89. The summed E-state index contributed by atoms with van der Waals surface area (Å²) in [6.07, 6.45) is 0.912. The van der Waals surface area contributed by atoms with E-state index in [0.29, 0.717) is 6.54 Å². The Balaban J connectivity index is 1.51. The van der Waals surface area contributed by atoms with E-state index in [4.69, 9.17) is 11.6 Å². The Morgan fingerprint density at radius 1 is 1.07 bits per heavy atom. The number of carbonyl (C=O) groups is 1. The van der Waals surface area contributed by atoms with Crippen molar-refractivity contribution in [3.8, 4) is 0 Å². The molecule has 4 nitrogen and oxygen atoms in total. The Hall–Kier alpha value is -1.88. The van der Waals surface area contributed by atoms with Crippen molar-refractivity contribution in [1.82, 2.24) is 9.80 Å². The third-order valence-electron chi connectivity index (χ3n) is 5.35. The van der Waals surface area contributed by atoms with Crippen molar-refractivity contribution in [2.45, 2.75) is 26.3 Å². The molecule has 0 aliphatic carbocycles. The fourth-order valence-electron chi connectivity index (χ4n) is 3.66. The van der Waals surface area contributed by atoms with Crippen LogP contribution in [-0.4, -0.2) is 48.4 Å². The highest BCUT2D eigenvalue weighted by Gasteiger charge is 2.24. The van der Waals surface area contributed by atoms with Crippen LogP contribution in [-0.2, 0) is 11.2 Å². The van der Waals surface area contributed by atoms with Crippen molar-refractivity contribution in [3.05, 3.63) is 64.7 Å². The molecule has 1 aliphatic rings. The minimum atomic E-state index is 0.0588. The van der Waals surface area contributed by atoms with Gasteiger partial charge in [-0.05, 0) is 36.6 Å². The highest BCUT2D eigenvalue weighted by molar-refractivity contribution is 6.31. The Bertz CT molecular complexity index is 772. The molecule has 27 heavy (non-hydrogen) atoms. The molecule has 5 heteroatoms. The molecule has 0 bridgehead atoms. The van der Waals surface area contributed by atoms with Crippen molar-refractivity contribution in [3.63, 3.8) is 0 Å². The van der Waals surface area contributed by atoms with Gasteiger partial charge in [0.25, 0.3) is 0 Å². The van der Waals surface area contributed by atoms with Crippen molar-refractivity contribution in [1.29, 1.82) is 0 Å². The number of amides is 1. The van der Waals surface area contributed by atoms with Crippen LogP contribution in [0.1, 0.15) is 31.0 Å². The minimum absolute atomic E-state index is 0.0588. The van der Waals surface area contributed by atoms with Gasteiger partial charge < -0.3 is 5.32 Å². The van der Waals surface area contributed by atoms with Gasteiger partial charge >= 0.3 is 0 Å². The van der Waals surface area contributed by atoms with Gasteiger partial charge in [-0.3, -0.25) is 14.6 Å². The van der Waals surface area contributed by atoms with Gasteiger partial charge in [0.1, 0.15) is 0 Å². The zero-order valence-electron chi connectivity index (χ0n) is 16.1. The highest BCUT2D eigenvalue weighted by atomic mass is 35.5. The second kappa shape index (κ2) is 9.36. The van der Waals surface area contributed by atoms with Gasteiger partial charge in [0.2, 0.25) is 5.91 Å². The average molecular weight is 386 g/mol. The molecular weight excluding hydrogens is 358 g/mol. The van der Waals surface area contributed by atoms with E-state index in [1.54, 1.807) is 0 Å². The molecule has 2 aromatic carbocycles. The number of nitrogens with one attached hydrogen (secondary N) is 1. The first-order valence-electron chi connectivity index (χ1n) is 9.67. The molecule has 0 radical (unpaired) electrons. The second-order valence-electron chi connectivity index (χ2n) is 7.07. The summed E-state index contributed by atoms with van der Waals surface area (Å²) in [4.78, 5) is 17.1. The van der Waals surface area contributed by atoms with E-state index < -0.39 is 0 Å². The normalized spacial score (nSPS) is 16.9. The third-order valence-corrected chi connectivity index (χ3v) is 5.69. The van der Waals surface area contributed by atoms with E-state index in [0.717, 1.165) is 43.3 Å². The number of anilines is 1. The maximum atomic E-state index is 12.4. The first-order chi connectivity index (χ1) is 13.1. The van der Waals surface area contributed by atoms with E-state index in [1.165, 1.54) is 11.1 Å². The lowest BCUT2D eigenvalue weighted by molar-refractivity contribution is -0.117. The van der Waals surface area contributed by atoms with Crippen LogP contribution in [0.5, 0.6) is 0 Å². The summed E-state index contributed by atoms with van der Waals surface area (Å²) in [6, 6.07) is 16.3. The molecule has 1 N–H and O–H groups in total. The lowest BCUT2D eigenvalue weighted by Crippen LogP contribution is -2.49. The largest absolute Gasteiger partial charge is 0.325 e. The lowest BCUT2D eigenvalue weighted by Gasteiger charge is -2.38. The Morgan fingerprint density at radius 3 is 2.44 bits per heavy atom. The molecule has 1 aliphatic heterocycles. The molecule has 1 atom stereocenters. The lowest BCUT2D eigenvalue weighted by atomic mass is 10.1. The van der Waals surface area contributed by atoms with E-state index in [9.17, 15) is 4.79 Å². The van der Waals surface area contributed by atoms with E-state index in [1.807, 2.05) is 36.4 Å². The Kier molecular flexibility index (Phi) is 6.89. The number of nitrogens with zero attached hydrogens (tertiary/aromatic N) is 2. The number of halogens is 1. The van der Waals surface area contributed by atoms with E-state index in [2.05, 4.69) is 41.1 Å². The summed E-state index contributed by atoms with van der Waals surface area (Å²) in [7, 11) is 0. The summed E-state index contributed by atoms with van der Waals surface area (Å²) >= 11 is 6.35. The predicted octanol–water partition coefficient (Wildman–Crippen LogP) is 4.22. The summed E-state index contributed by atoms with van der Waals surface area (Å²) < 4.78 is 0. The van der Waals surface area contributed by atoms with Crippen LogP contribution < -0.4 is 5.32 Å². The van der Waals surface area contributed by atoms with Gasteiger partial charge in [0, 0.05) is 42.9 Å². The smallest absolute Gasteiger partial charge is 0.238 e. The zero-order valence-corrected chi connectivity index (χ0v) is 16.9. The van der Waals surface area contributed by atoms with E-state index >= 15 is 0 Å². The second-order valence-corrected chi connectivity index (χ2v) is 7.48. The topological polar surface area (TPSA) is 35.6 Å². The number of benzene rings is 2. The van der Waals surface area contributed by atoms with Crippen molar-refractivity contribution in [2.24, 2.45) is 0 Å². The van der Waals surface area contributed by atoms with Crippen LogP contribution in [0.15, 0.2) is 48.5 Å². The Labute approximate surface area is 167 Å². The molecule has 1 heterocycles. The number of rotatable bonds is 6. The number of piperazine rings is 1. The van der Waals surface area contributed by atoms with E-state index in [-0.39, 0.29) is 11.9 Å². The van der Waals surface area contributed by atoms with Gasteiger partial charge in [-0.2, -0.15) is 0 Å². The third kappa shape index (κ3) is 5.10. The van der Waals surface area contributed by atoms with Crippen LogP contribution in [0.4, 0.5) is 5.69 Å². The van der Waals surface area contributed by atoms with Gasteiger partial charge in [-0.1, -0.05) is 54.9 Å². The molecule has 0 saturated carbocycles. The molecule has 1 amide bonds. The fourth-order valence-corrected chi connectivity index (χ4v) is 3.96. The van der Waals surface area contributed by atoms with Crippen LogP contribution in [0, 0.1) is 0 Å². The monoisotopic (exact) mass is 385 g/mol. The van der Waals surface area contributed by atoms with Crippen molar-refractivity contribution in [2.75, 3.05) is 38.0 Å². The minimum Gasteiger partial charge on any atom is -0.325 e. The summed E-state index contributed by atoms with van der Waals surface area (Å²) in [6.45, 7) is 8.38. The predicted molar refractivity (Wildman–Crippen MR) is 112 cm³/mol. The van der Waals surface area contributed by atoms with Crippen LogP contribution in [0.3, 0.4) is 0 Å².